The molecule has 19 heavy (non-hydrogen) atoms. The van der Waals surface area contributed by atoms with Gasteiger partial charge in [-0.1, -0.05) is 18.2 Å². The van der Waals surface area contributed by atoms with Crippen molar-refractivity contribution in [2.45, 2.75) is 37.8 Å². The van der Waals surface area contributed by atoms with E-state index in [4.69, 9.17) is 0 Å². The fraction of sp³-hybridized carbons (Fsp3) is 0.533. The predicted octanol–water partition coefficient (Wildman–Crippen LogP) is 1.63. The summed E-state index contributed by atoms with van der Waals surface area (Å²) in [5.41, 5.74) is 2.25. The van der Waals surface area contributed by atoms with Crippen LogP contribution in [0.15, 0.2) is 24.3 Å². The van der Waals surface area contributed by atoms with Crippen molar-refractivity contribution in [2.75, 3.05) is 18.4 Å². The van der Waals surface area contributed by atoms with Crippen LogP contribution in [0.2, 0.25) is 0 Å². The Bertz CT molecular complexity index is 464. The molecule has 1 amide bonds. The van der Waals surface area contributed by atoms with Gasteiger partial charge in [-0.2, -0.15) is 0 Å². The summed E-state index contributed by atoms with van der Waals surface area (Å²) < 4.78 is 0. The molecule has 3 rings (SSSR count). The summed E-state index contributed by atoms with van der Waals surface area (Å²) in [7, 11) is 0. The number of hydrogen-bond acceptors (Lipinski definition) is 3. The molecule has 0 saturated carbocycles. The lowest BCUT2D eigenvalue weighted by Crippen LogP contribution is -2.45. The Morgan fingerprint density at radius 1 is 1.11 bits per heavy atom. The minimum absolute atomic E-state index is 0.0931. The minimum Gasteiger partial charge on any atom is -0.379 e. The molecule has 2 heterocycles. The maximum Gasteiger partial charge on any atom is 0.222 e. The zero-order valence-electron chi connectivity index (χ0n) is 11.2. The number of benzene rings is 1. The third-order valence-corrected chi connectivity index (χ3v) is 4.18. The Morgan fingerprint density at radius 2 is 2.00 bits per heavy atom. The molecule has 0 bridgehead atoms. The van der Waals surface area contributed by atoms with Gasteiger partial charge in [0.1, 0.15) is 0 Å². The number of amides is 1. The van der Waals surface area contributed by atoms with Crippen LogP contribution in [0, 0.1) is 0 Å². The van der Waals surface area contributed by atoms with E-state index in [9.17, 15) is 4.79 Å². The first-order chi connectivity index (χ1) is 9.27. The van der Waals surface area contributed by atoms with Gasteiger partial charge < -0.3 is 16.0 Å². The van der Waals surface area contributed by atoms with E-state index >= 15 is 0 Å². The average Bonchev–Trinajstić information content (AvgIpc) is 2.62. The molecule has 4 heteroatoms. The maximum atomic E-state index is 12.1. The summed E-state index contributed by atoms with van der Waals surface area (Å²) in [6, 6.07) is 8.27. The van der Waals surface area contributed by atoms with Crippen molar-refractivity contribution in [3.8, 4) is 0 Å². The van der Waals surface area contributed by atoms with E-state index in [1.807, 2.05) is 6.07 Å². The second-order valence-electron chi connectivity index (χ2n) is 5.62. The molecule has 2 aliphatic heterocycles. The average molecular weight is 259 g/mol. The third-order valence-electron chi connectivity index (χ3n) is 4.18. The molecular weight excluding hydrogens is 238 g/mol. The third kappa shape index (κ3) is 2.73. The van der Waals surface area contributed by atoms with E-state index in [-0.39, 0.29) is 11.4 Å². The van der Waals surface area contributed by atoms with Crippen molar-refractivity contribution in [1.82, 2.24) is 10.6 Å². The number of fused-ring (bicyclic) bond motifs is 1. The topological polar surface area (TPSA) is 53.2 Å². The highest BCUT2D eigenvalue weighted by atomic mass is 16.1. The SMILES string of the molecule is O=C1CC2(CCCNCC2)Nc2ccccc2CN1. The molecule has 1 fully saturated rings. The van der Waals surface area contributed by atoms with Gasteiger partial charge in [-0.25, -0.2) is 0 Å². The summed E-state index contributed by atoms with van der Waals surface area (Å²) in [5, 5.41) is 10.1. The van der Waals surface area contributed by atoms with E-state index in [1.54, 1.807) is 0 Å². The number of carbonyl (C=O) groups excluding carboxylic acids is 1. The largest absolute Gasteiger partial charge is 0.379 e. The summed E-state index contributed by atoms with van der Waals surface area (Å²) in [4.78, 5) is 12.1. The quantitative estimate of drug-likeness (QED) is 0.664. The van der Waals surface area contributed by atoms with Gasteiger partial charge in [0.15, 0.2) is 0 Å². The van der Waals surface area contributed by atoms with E-state index in [1.165, 1.54) is 11.3 Å². The highest BCUT2D eigenvalue weighted by Crippen LogP contribution is 2.31. The van der Waals surface area contributed by atoms with Crippen molar-refractivity contribution < 1.29 is 4.79 Å². The van der Waals surface area contributed by atoms with Gasteiger partial charge in [-0.05, 0) is 44.0 Å². The Hall–Kier alpha value is -1.55. The second kappa shape index (κ2) is 5.21. The van der Waals surface area contributed by atoms with Crippen LogP contribution in [0.4, 0.5) is 5.69 Å². The summed E-state index contributed by atoms with van der Waals surface area (Å²) in [6.45, 7) is 2.64. The van der Waals surface area contributed by atoms with Gasteiger partial charge in [0.25, 0.3) is 0 Å². The van der Waals surface area contributed by atoms with Crippen molar-refractivity contribution >= 4 is 11.6 Å². The number of anilines is 1. The molecule has 1 unspecified atom stereocenters. The molecule has 0 aliphatic carbocycles. The van der Waals surface area contributed by atoms with Gasteiger partial charge in [0.05, 0.1) is 0 Å². The number of hydrogen-bond donors (Lipinski definition) is 3. The van der Waals surface area contributed by atoms with E-state index in [2.05, 4.69) is 34.1 Å². The van der Waals surface area contributed by atoms with Crippen molar-refractivity contribution in [3.05, 3.63) is 29.8 Å². The van der Waals surface area contributed by atoms with Crippen LogP contribution in [-0.4, -0.2) is 24.5 Å². The smallest absolute Gasteiger partial charge is 0.222 e. The molecule has 1 spiro atoms. The van der Waals surface area contributed by atoms with Crippen molar-refractivity contribution in [1.29, 1.82) is 0 Å². The molecule has 1 atom stereocenters. The van der Waals surface area contributed by atoms with Gasteiger partial charge in [-0.3, -0.25) is 4.79 Å². The van der Waals surface area contributed by atoms with Crippen molar-refractivity contribution in [3.63, 3.8) is 0 Å². The highest BCUT2D eigenvalue weighted by Gasteiger charge is 2.34. The highest BCUT2D eigenvalue weighted by molar-refractivity contribution is 5.79. The normalized spacial score (nSPS) is 27.5. The zero-order chi connectivity index (χ0) is 13.1. The van der Waals surface area contributed by atoms with Crippen LogP contribution in [0.5, 0.6) is 0 Å². The second-order valence-corrected chi connectivity index (χ2v) is 5.62. The van der Waals surface area contributed by atoms with Gasteiger partial charge in [0, 0.05) is 24.2 Å². The molecule has 4 nitrogen and oxygen atoms in total. The van der Waals surface area contributed by atoms with Gasteiger partial charge in [0.2, 0.25) is 5.91 Å². The molecule has 3 N–H and O–H groups in total. The minimum atomic E-state index is -0.0931. The van der Waals surface area contributed by atoms with E-state index in [0.717, 1.165) is 32.4 Å². The summed E-state index contributed by atoms with van der Waals surface area (Å²) >= 11 is 0. The lowest BCUT2D eigenvalue weighted by molar-refractivity contribution is -0.122. The maximum absolute atomic E-state index is 12.1. The fourth-order valence-electron chi connectivity index (χ4n) is 3.12. The number of carbonyl (C=O) groups is 1. The first-order valence-corrected chi connectivity index (χ1v) is 7.11. The first-order valence-electron chi connectivity index (χ1n) is 7.11. The number of para-hydroxylation sites is 1. The van der Waals surface area contributed by atoms with Gasteiger partial charge in [-0.15, -0.1) is 0 Å². The fourth-order valence-corrected chi connectivity index (χ4v) is 3.12. The molecule has 2 aliphatic rings. The van der Waals surface area contributed by atoms with Crippen LogP contribution < -0.4 is 16.0 Å². The summed E-state index contributed by atoms with van der Waals surface area (Å²) in [6.07, 6.45) is 3.72. The van der Waals surface area contributed by atoms with Crippen LogP contribution in [0.1, 0.15) is 31.2 Å². The van der Waals surface area contributed by atoms with Crippen LogP contribution in [0.25, 0.3) is 0 Å². The van der Waals surface area contributed by atoms with Gasteiger partial charge >= 0.3 is 0 Å². The van der Waals surface area contributed by atoms with E-state index in [0.29, 0.717) is 13.0 Å². The molecule has 0 aromatic heterocycles. The predicted molar refractivity (Wildman–Crippen MR) is 76.0 cm³/mol. The monoisotopic (exact) mass is 259 g/mol. The molecule has 0 radical (unpaired) electrons. The molecular formula is C15H21N3O. The van der Waals surface area contributed by atoms with Crippen LogP contribution in [0.3, 0.4) is 0 Å². The first kappa shape index (κ1) is 12.5. The molecule has 1 aromatic rings. The molecule has 1 saturated heterocycles. The number of nitrogens with one attached hydrogen (secondary N) is 3. The Kier molecular flexibility index (Phi) is 3.42. The van der Waals surface area contributed by atoms with E-state index < -0.39 is 0 Å². The summed E-state index contributed by atoms with van der Waals surface area (Å²) in [5.74, 6) is 0.156. The molecule has 102 valence electrons. The molecule has 1 aromatic carbocycles. The standard InChI is InChI=1S/C15H21N3O/c19-14-10-15(6-3-8-16-9-7-15)18-13-5-2-1-4-12(13)11-17-14/h1-2,4-5,16,18H,3,6-11H2,(H,17,19). The van der Waals surface area contributed by atoms with Crippen LogP contribution in [-0.2, 0) is 11.3 Å². The van der Waals surface area contributed by atoms with Crippen molar-refractivity contribution in [2.24, 2.45) is 0 Å². The number of rotatable bonds is 0. The Labute approximate surface area is 114 Å². The van der Waals surface area contributed by atoms with Crippen LogP contribution >= 0.6 is 0 Å². The Balaban J connectivity index is 1.93. The zero-order valence-corrected chi connectivity index (χ0v) is 11.2. The Morgan fingerprint density at radius 3 is 2.95 bits per heavy atom. The lowest BCUT2D eigenvalue weighted by Gasteiger charge is -2.36. The lowest BCUT2D eigenvalue weighted by atomic mass is 9.85.